The maximum atomic E-state index is 11.4. The van der Waals surface area contributed by atoms with E-state index in [-0.39, 0.29) is 5.91 Å². The zero-order valence-electron chi connectivity index (χ0n) is 16.0. The molecule has 6 nitrogen and oxygen atoms in total. The highest BCUT2D eigenvalue weighted by Crippen LogP contribution is 2.43. The van der Waals surface area contributed by atoms with Crippen LogP contribution in [0.4, 0.5) is 5.13 Å². The predicted molar refractivity (Wildman–Crippen MR) is 108 cm³/mol. The number of nitrogens with one attached hydrogen (secondary N) is 1. The van der Waals surface area contributed by atoms with Crippen molar-refractivity contribution in [1.82, 2.24) is 19.7 Å². The lowest BCUT2D eigenvalue weighted by Crippen LogP contribution is -2.10. The van der Waals surface area contributed by atoms with Crippen molar-refractivity contribution in [3.63, 3.8) is 0 Å². The minimum Gasteiger partial charge on any atom is -0.302 e. The molecule has 0 fully saturated rings. The predicted octanol–water partition coefficient (Wildman–Crippen LogP) is 4.09. The molecule has 7 heteroatoms. The van der Waals surface area contributed by atoms with Crippen molar-refractivity contribution in [3.05, 3.63) is 35.3 Å². The summed E-state index contributed by atoms with van der Waals surface area (Å²) in [6.07, 6.45) is 3.66. The number of aryl methyl sites for hydroxylation is 2. The van der Waals surface area contributed by atoms with Crippen molar-refractivity contribution in [3.8, 4) is 21.8 Å². The molecule has 0 bridgehead atoms. The minimum absolute atomic E-state index is 0.0940. The van der Waals surface area contributed by atoms with E-state index in [0.717, 1.165) is 52.6 Å². The average Bonchev–Trinajstić information content (AvgIpc) is 3.15. The molecule has 3 heterocycles. The first-order valence-corrected chi connectivity index (χ1v) is 10.0. The molecular formula is C20H23N5OS. The van der Waals surface area contributed by atoms with Crippen molar-refractivity contribution >= 4 is 22.4 Å². The number of thiazole rings is 1. The Morgan fingerprint density at radius 1 is 1.33 bits per heavy atom. The van der Waals surface area contributed by atoms with Crippen LogP contribution in [0.15, 0.2) is 18.3 Å². The Hall–Kier alpha value is -2.54. The SMILES string of the molecule is CC(=O)Nc1nc2c(s1)-c1c(c(-c3ccc(C)nc3)nn1CC(C)C)CC2. The van der Waals surface area contributed by atoms with Gasteiger partial charge in [-0.2, -0.15) is 5.10 Å². The van der Waals surface area contributed by atoms with E-state index < -0.39 is 0 Å². The second-order valence-corrected chi connectivity index (χ2v) is 8.42. The number of fused-ring (bicyclic) bond motifs is 3. The fraction of sp³-hybridized carbons (Fsp3) is 0.400. The van der Waals surface area contributed by atoms with E-state index in [9.17, 15) is 4.79 Å². The molecule has 1 N–H and O–H groups in total. The lowest BCUT2D eigenvalue weighted by atomic mass is 9.95. The van der Waals surface area contributed by atoms with Crippen LogP contribution in [-0.2, 0) is 24.2 Å². The van der Waals surface area contributed by atoms with Gasteiger partial charge in [0.1, 0.15) is 0 Å². The van der Waals surface area contributed by atoms with Crippen LogP contribution in [0.3, 0.4) is 0 Å². The van der Waals surface area contributed by atoms with Gasteiger partial charge in [0.05, 0.1) is 22.0 Å². The third-order valence-electron chi connectivity index (χ3n) is 4.58. The first-order chi connectivity index (χ1) is 12.9. The van der Waals surface area contributed by atoms with Gasteiger partial charge in [0.25, 0.3) is 0 Å². The van der Waals surface area contributed by atoms with Gasteiger partial charge >= 0.3 is 0 Å². The molecule has 0 atom stereocenters. The Morgan fingerprint density at radius 2 is 2.15 bits per heavy atom. The largest absolute Gasteiger partial charge is 0.302 e. The standard InChI is InChI=1S/C20H23N5OS/c1-11(2)10-25-18-15(17(24-25)14-6-5-12(3)21-9-14)7-8-16-19(18)27-20(23-16)22-13(4)26/h5-6,9,11H,7-8,10H2,1-4H3,(H,22,23,26). The Labute approximate surface area is 162 Å². The maximum absolute atomic E-state index is 11.4. The normalized spacial score (nSPS) is 12.8. The number of aromatic nitrogens is 4. The Kier molecular flexibility index (Phi) is 4.55. The van der Waals surface area contributed by atoms with Crippen molar-refractivity contribution in [2.24, 2.45) is 5.92 Å². The molecule has 140 valence electrons. The minimum atomic E-state index is -0.0940. The third kappa shape index (κ3) is 3.39. The number of pyridine rings is 1. The first-order valence-electron chi connectivity index (χ1n) is 9.22. The highest BCUT2D eigenvalue weighted by atomic mass is 32.1. The van der Waals surface area contributed by atoms with Crippen molar-refractivity contribution in [2.45, 2.75) is 47.1 Å². The van der Waals surface area contributed by atoms with Gasteiger partial charge in [-0.1, -0.05) is 25.2 Å². The van der Waals surface area contributed by atoms with Gasteiger partial charge in [-0.3, -0.25) is 14.5 Å². The van der Waals surface area contributed by atoms with E-state index in [1.165, 1.54) is 23.8 Å². The zero-order valence-corrected chi connectivity index (χ0v) is 16.9. The molecule has 0 saturated carbocycles. The Bertz CT molecular complexity index is 1000. The molecule has 27 heavy (non-hydrogen) atoms. The van der Waals surface area contributed by atoms with Crippen LogP contribution in [0.5, 0.6) is 0 Å². The van der Waals surface area contributed by atoms with E-state index in [1.807, 2.05) is 19.2 Å². The van der Waals surface area contributed by atoms with Gasteiger partial charge in [0.15, 0.2) is 5.13 Å². The van der Waals surface area contributed by atoms with Crippen LogP contribution in [0, 0.1) is 12.8 Å². The maximum Gasteiger partial charge on any atom is 0.223 e. The summed E-state index contributed by atoms with van der Waals surface area (Å²) in [7, 11) is 0. The number of hydrogen-bond donors (Lipinski definition) is 1. The summed E-state index contributed by atoms with van der Waals surface area (Å²) in [5.74, 6) is 0.384. The fourth-order valence-corrected chi connectivity index (χ4v) is 4.60. The molecule has 0 saturated heterocycles. The third-order valence-corrected chi connectivity index (χ3v) is 5.60. The average molecular weight is 382 g/mol. The van der Waals surface area contributed by atoms with Crippen LogP contribution in [0.25, 0.3) is 21.8 Å². The molecule has 0 aliphatic heterocycles. The second-order valence-electron chi connectivity index (χ2n) is 7.42. The molecule has 3 aromatic heterocycles. The fourth-order valence-electron chi connectivity index (χ4n) is 3.46. The summed E-state index contributed by atoms with van der Waals surface area (Å²) < 4.78 is 2.11. The molecule has 1 aliphatic rings. The van der Waals surface area contributed by atoms with Gasteiger partial charge in [-0.15, -0.1) is 0 Å². The highest BCUT2D eigenvalue weighted by Gasteiger charge is 2.29. The lowest BCUT2D eigenvalue weighted by molar-refractivity contribution is -0.114. The second kappa shape index (κ2) is 6.88. The zero-order chi connectivity index (χ0) is 19.1. The van der Waals surface area contributed by atoms with Crippen molar-refractivity contribution in [1.29, 1.82) is 0 Å². The number of amides is 1. The van der Waals surface area contributed by atoms with E-state index in [0.29, 0.717) is 11.0 Å². The summed E-state index contributed by atoms with van der Waals surface area (Å²) in [5, 5.41) is 8.46. The monoisotopic (exact) mass is 381 g/mol. The summed E-state index contributed by atoms with van der Waals surface area (Å²) in [5.41, 5.74) is 6.52. The van der Waals surface area contributed by atoms with Gasteiger partial charge in [0.2, 0.25) is 5.91 Å². The number of rotatable bonds is 4. The number of anilines is 1. The van der Waals surface area contributed by atoms with Gasteiger partial charge in [0, 0.05) is 36.5 Å². The van der Waals surface area contributed by atoms with E-state index in [2.05, 4.69) is 39.9 Å². The smallest absolute Gasteiger partial charge is 0.223 e. The Balaban J connectivity index is 1.86. The van der Waals surface area contributed by atoms with Gasteiger partial charge < -0.3 is 5.32 Å². The highest BCUT2D eigenvalue weighted by molar-refractivity contribution is 7.19. The van der Waals surface area contributed by atoms with E-state index >= 15 is 0 Å². The van der Waals surface area contributed by atoms with Crippen molar-refractivity contribution < 1.29 is 4.79 Å². The van der Waals surface area contributed by atoms with Crippen LogP contribution in [0.1, 0.15) is 37.7 Å². The van der Waals surface area contributed by atoms with E-state index in [4.69, 9.17) is 5.10 Å². The quantitative estimate of drug-likeness (QED) is 0.739. The number of carbonyl (C=O) groups is 1. The number of nitrogens with zero attached hydrogens (tertiary/aromatic N) is 4. The first kappa shape index (κ1) is 17.9. The van der Waals surface area contributed by atoms with Crippen molar-refractivity contribution in [2.75, 3.05) is 5.32 Å². The molecule has 4 rings (SSSR count). The molecule has 0 radical (unpaired) electrons. The number of carbonyl (C=O) groups excluding carboxylic acids is 1. The molecule has 3 aromatic rings. The molecule has 1 aliphatic carbocycles. The van der Waals surface area contributed by atoms with E-state index in [1.54, 1.807) is 0 Å². The van der Waals surface area contributed by atoms with Gasteiger partial charge in [-0.25, -0.2) is 4.98 Å². The van der Waals surface area contributed by atoms with Crippen LogP contribution >= 0.6 is 11.3 Å². The molecule has 0 spiro atoms. The molecule has 0 aromatic carbocycles. The van der Waals surface area contributed by atoms with Crippen LogP contribution in [-0.4, -0.2) is 25.7 Å². The summed E-state index contributed by atoms with van der Waals surface area (Å²) in [6, 6.07) is 4.12. The van der Waals surface area contributed by atoms with Crippen LogP contribution in [0.2, 0.25) is 0 Å². The Morgan fingerprint density at radius 3 is 2.81 bits per heavy atom. The lowest BCUT2D eigenvalue weighted by Gasteiger charge is -2.15. The summed E-state index contributed by atoms with van der Waals surface area (Å²) >= 11 is 1.54. The topological polar surface area (TPSA) is 72.7 Å². The molecule has 0 unspecified atom stereocenters. The van der Waals surface area contributed by atoms with Crippen LogP contribution < -0.4 is 5.32 Å². The summed E-state index contributed by atoms with van der Waals surface area (Å²) in [6.45, 7) is 8.73. The molecule has 1 amide bonds. The van der Waals surface area contributed by atoms with Gasteiger partial charge in [-0.05, 0) is 37.8 Å². The molecular weight excluding hydrogens is 358 g/mol. The number of hydrogen-bond acceptors (Lipinski definition) is 5. The summed E-state index contributed by atoms with van der Waals surface area (Å²) in [4.78, 5) is 21.6.